The SMILES string of the molecule is Cc1ccccc1N1CC(C)(C)NCC1CC(=O)O. The van der Waals surface area contributed by atoms with Crippen LogP contribution >= 0.6 is 0 Å². The van der Waals surface area contributed by atoms with Gasteiger partial charge in [0, 0.05) is 24.3 Å². The average molecular weight is 262 g/mol. The van der Waals surface area contributed by atoms with Crippen molar-refractivity contribution in [3.05, 3.63) is 29.8 Å². The van der Waals surface area contributed by atoms with Gasteiger partial charge in [0.2, 0.25) is 0 Å². The first-order valence-electron chi connectivity index (χ1n) is 6.68. The average Bonchev–Trinajstić information content (AvgIpc) is 2.31. The normalized spacial score (nSPS) is 22.3. The number of para-hydroxylation sites is 1. The van der Waals surface area contributed by atoms with E-state index in [1.54, 1.807) is 0 Å². The maximum Gasteiger partial charge on any atom is 0.305 e. The van der Waals surface area contributed by atoms with Gasteiger partial charge in [-0.2, -0.15) is 0 Å². The maximum atomic E-state index is 11.0. The molecule has 19 heavy (non-hydrogen) atoms. The van der Waals surface area contributed by atoms with E-state index in [0.717, 1.165) is 12.2 Å². The fourth-order valence-corrected chi connectivity index (χ4v) is 2.67. The largest absolute Gasteiger partial charge is 0.481 e. The first-order chi connectivity index (χ1) is 8.89. The quantitative estimate of drug-likeness (QED) is 0.875. The summed E-state index contributed by atoms with van der Waals surface area (Å²) in [5.41, 5.74) is 2.33. The third-order valence-electron chi connectivity index (χ3n) is 3.66. The highest BCUT2D eigenvalue weighted by atomic mass is 16.4. The molecule has 0 bridgehead atoms. The highest BCUT2D eigenvalue weighted by molar-refractivity contribution is 5.69. The summed E-state index contributed by atoms with van der Waals surface area (Å²) in [6, 6.07) is 8.17. The molecule has 0 amide bonds. The van der Waals surface area contributed by atoms with Crippen molar-refractivity contribution in [2.75, 3.05) is 18.0 Å². The van der Waals surface area contributed by atoms with Crippen molar-refractivity contribution >= 4 is 11.7 Å². The summed E-state index contributed by atoms with van der Waals surface area (Å²) in [6.07, 6.45) is 0.164. The minimum absolute atomic E-state index is 0.00269. The summed E-state index contributed by atoms with van der Waals surface area (Å²) in [7, 11) is 0. The van der Waals surface area contributed by atoms with Crippen molar-refractivity contribution in [3.63, 3.8) is 0 Å². The van der Waals surface area contributed by atoms with Gasteiger partial charge in [-0.25, -0.2) is 0 Å². The van der Waals surface area contributed by atoms with Crippen LogP contribution in [-0.2, 0) is 4.79 Å². The lowest BCUT2D eigenvalue weighted by molar-refractivity contribution is -0.137. The Kier molecular flexibility index (Phi) is 3.80. The van der Waals surface area contributed by atoms with Crippen LogP contribution in [0.1, 0.15) is 25.8 Å². The van der Waals surface area contributed by atoms with Gasteiger partial charge in [-0.05, 0) is 32.4 Å². The molecule has 1 unspecified atom stereocenters. The lowest BCUT2D eigenvalue weighted by Gasteiger charge is -2.46. The Balaban J connectivity index is 2.30. The molecule has 0 aliphatic carbocycles. The van der Waals surface area contributed by atoms with Crippen LogP contribution in [0.3, 0.4) is 0 Å². The Morgan fingerprint density at radius 3 is 2.79 bits per heavy atom. The first kappa shape index (κ1) is 13.9. The maximum absolute atomic E-state index is 11.0. The van der Waals surface area contributed by atoms with E-state index in [1.165, 1.54) is 5.56 Å². The highest BCUT2D eigenvalue weighted by Gasteiger charge is 2.34. The lowest BCUT2D eigenvalue weighted by Crippen LogP contribution is -2.62. The number of nitrogens with zero attached hydrogens (tertiary/aromatic N) is 1. The second kappa shape index (κ2) is 5.21. The van der Waals surface area contributed by atoms with Crippen molar-refractivity contribution in [3.8, 4) is 0 Å². The number of benzene rings is 1. The molecule has 2 N–H and O–H groups in total. The summed E-state index contributed by atoms with van der Waals surface area (Å²) in [6.45, 7) is 7.89. The number of carboxylic acids is 1. The van der Waals surface area contributed by atoms with Crippen LogP contribution in [0, 0.1) is 6.92 Å². The molecule has 0 aromatic heterocycles. The van der Waals surface area contributed by atoms with Gasteiger partial charge >= 0.3 is 5.97 Å². The van der Waals surface area contributed by atoms with Crippen LogP contribution in [0.2, 0.25) is 0 Å². The molecule has 0 spiro atoms. The van der Waals surface area contributed by atoms with E-state index in [-0.39, 0.29) is 18.0 Å². The van der Waals surface area contributed by atoms with Gasteiger partial charge in [-0.15, -0.1) is 0 Å². The van der Waals surface area contributed by atoms with Gasteiger partial charge in [0.1, 0.15) is 0 Å². The van der Waals surface area contributed by atoms with Crippen molar-refractivity contribution < 1.29 is 9.90 Å². The molecule has 1 aliphatic heterocycles. The molecular formula is C15H22N2O2. The van der Waals surface area contributed by atoms with Crippen LogP contribution in [0.4, 0.5) is 5.69 Å². The number of nitrogens with one attached hydrogen (secondary N) is 1. The zero-order chi connectivity index (χ0) is 14.0. The third-order valence-corrected chi connectivity index (χ3v) is 3.66. The van der Waals surface area contributed by atoms with Gasteiger partial charge in [0.05, 0.1) is 12.5 Å². The van der Waals surface area contributed by atoms with Crippen molar-refractivity contribution in [2.24, 2.45) is 0 Å². The minimum atomic E-state index is -0.745. The van der Waals surface area contributed by atoms with Crippen LogP contribution in [0.15, 0.2) is 24.3 Å². The molecule has 1 saturated heterocycles. The number of piperazine rings is 1. The standard InChI is InChI=1S/C15H22N2O2/c1-11-6-4-5-7-13(11)17-10-15(2,3)16-9-12(17)8-14(18)19/h4-7,12,16H,8-10H2,1-3H3,(H,18,19). The molecule has 104 valence electrons. The van der Waals surface area contributed by atoms with Crippen molar-refractivity contribution in [1.29, 1.82) is 0 Å². The number of carbonyl (C=O) groups is 1. The predicted octanol–water partition coefficient (Wildman–Crippen LogP) is 2.03. The monoisotopic (exact) mass is 262 g/mol. The fourth-order valence-electron chi connectivity index (χ4n) is 2.67. The number of hydrogen-bond donors (Lipinski definition) is 2. The summed E-state index contributed by atoms with van der Waals surface area (Å²) < 4.78 is 0. The smallest absolute Gasteiger partial charge is 0.305 e. The summed E-state index contributed by atoms with van der Waals surface area (Å²) in [5.74, 6) is -0.745. The van der Waals surface area contributed by atoms with Gasteiger partial charge in [0.15, 0.2) is 0 Å². The van der Waals surface area contributed by atoms with Crippen LogP contribution in [0.5, 0.6) is 0 Å². The van der Waals surface area contributed by atoms with E-state index in [1.807, 2.05) is 12.1 Å². The molecule has 1 fully saturated rings. The number of anilines is 1. The molecule has 1 aromatic carbocycles. The minimum Gasteiger partial charge on any atom is -0.481 e. The van der Waals surface area contributed by atoms with Crippen LogP contribution in [0.25, 0.3) is 0 Å². The zero-order valence-corrected chi connectivity index (χ0v) is 11.8. The molecule has 0 radical (unpaired) electrons. The van der Waals surface area contributed by atoms with Crippen LogP contribution < -0.4 is 10.2 Å². The second-order valence-corrected chi connectivity index (χ2v) is 5.93. The summed E-state index contributed by atoms with van der Waals surface area (Å²) in [4.78, 5) is 13.3. The highest BCUT2D eigenvalue weighted by Crippen LogP contribution is 2.27. The summed E-state index contributed by atoms with van der Waals surface area (Å²) >= 11 is 0. The molecular weight excluding hydrogens is 240 g/mol. The third kappa shape index (κ3) is 3.26. The van der Waals surface area contributed by atoms with E-state index in [0.29, 0.717) is 6.54 Å². The second-order valence-electron chi connectivity index (χ2n) is 5.93. The molecule has 1 heterocycles. The molecule has 0 saturated carbocycles. The number of aliphatic carboxylic acids is 1. The Morgan fingerprint density at radius 1 is 1.47 bits per heavy atom. The number of hydrogen-bond acceptors (Lipinski definition) is 3. The van der Waals surface area contributed by atoms with E-state index in [2.05, 4.69) is 43.1 Å². The van der Waals surface area contributed by atoms with Gasteiger partial charge in [-0.3, -0.25) is 4.79 Å². The Morgan fingerprint density at radius 2 is 2.16 bits per heavy atom. The molecule has 4 heteroatoms. The zero-order valence-electron chi connectivity index (χ0n) is 11.8. The Labute approximate surface area is 114 Å². The molecule has 4 nitrogen and oxygen atoms in total. The van der Waals surface area contributed by atoms with E-state index >= 15 is 0 Å². The van der Waals surface area contributed by atoms with Gasteiger partial charge in [-0.1, -0.05) is 18.2 Å². The molecule has 1 aliphatic rings. The Bertz CT molecular complexity index is 471. The van der Waals surface area contributed by atoms with Gasteiger partial charge in [0.25, 0.3) is 0 Å². The van der Waals surface area contributed by atoms with Crippen molar-refractivity contribution in [1.82, 2.24) is 5.32 Å². The lowest BCUT2D eigenvalue weighted by atomic mass is 9.95. The topological polar surface area (TPSA) is 52.6 Å². The first-order valence-corrected chi connectivity index (χ1v) is 6.68. The number of carboxylic acid groups (broad SMARTS) is 1. The van der Waals surface area contributed by atoms with Crippen molar-refractivity contribution in [2.45, 2.75) is 38.8 Å². The van der Waals surface area contributed by atoms with E-state index in [4.69, 9.17) is 5.11 Å². The molecule has 1 atom stereocenters. The van der Waals surface area contributed by atoms with E-state index in [9.17, 15) is 4.79 Å². The van der Waals surface area contributed by atoms with Crippen LogP contribution in [-0.4, -0.2) is 35.7 Å². The fraction of sp³-hybridized carbons (Fsp3) is 0.533. The number of rotatable bonds is 3. The number of aryl methyl sites for hydroxylation is 1. The predicted molar refractivity (Wildman–Crippen MR) is 76.6 cm³/mol. The Hall–Kier alpha value is -1.55. The van der Waals surface area contributed by atoms with Gasteiger partial charge < -0.3 is 15.3 Å². The molecule has 1 aromatic rings. The van der Waals surface area contributed by atoms with E-state index < -0.39 is 5.97 Å². The summed E-state index contributed by atoms with van der Waals surface area (Å²) in [5, 5.41) is 12.5. The molecule has 2 rings (SSSR count).